The van der Waals surface area contributed by atoms with Crippen LogP contribution in [0, 0.1) is 6.92 Å². The average molecular weight is 339 g/mol. The molecule has 2 rings (SSSR count). The summed E-state index contributed by atoms with van der Waals surface area (Å²) in [6.45, 7) is 8.65. The number of aromatic nitrogens is 6. The number of carboxylic acid groups (broad SMARTS) is 1. The molecule has 0 radical (unpaired) electrons. The van der Waals surface area contributed by atoms with Crippen molar-refractivity contribution < 1.29 is 9.90 Å². The van der Waals surface area contributed by atoms with Gasteiger partial charge in [0.2, 0.25) is 0 Å². The Morgan fingerprint density at radius 3 is 2.70 bits per heavy atom. The molecular formula is C13H21N7O2S. The number of thioether (sulfide) groups is 1. The molecule has 2 aromatic rings. The van der Waals surface area contributed by atoms with Crippen molar-refractivity contribution in [2.45, 2.75) is 38.6 Å². The third-order valence-electron chi connectivity index (χ3n) is 2.66. The largest absolute Gasteiger partial charge is 0.481 e. The lowest BCUT2D eigenvalue weighted by Gasteiger charge is -2.06. The topological polar surface area (TPSA) is 125 Å². The standard InChI is InChI=1S/C11H17N7S.C2H4O2/c1-3-4-18-10(7-12)15-16-11(18)19-6-5-17-8-13-14-9(17)2;1-2(3)4/h3,8H,1,4-7,12H2,2H3;1H3,(H,3,4). The molecule has 0 bridgehead atoms. The van der Waals surface area contributed by atoms with Crippen molar-refractivity contribution in [2.24, 2.45) is 5.73 Å². The van der Waals surface area contributed by atoms with E-state index in [9.17, 15) is 0 Å². The maximum absolute atomic E-state index is 9.00. The molecule has 0 unspecified atom stereocenters. The Labute approximate surface area is 138 Å². The minimum absolute atomic E-state index is 0.381. The van der Waals surface area contributed by atoms with E-state index in [1.54, 1.807) is 18.1 Å². The molecule has 2 aromatic heterocycles. The van der Waals surface area contributed by atoms with Gasteiger partial charge in [0.1, 0.15) is 18.0 Å². The summed E-state index contributed by atoms with van der Waals surface area (Å²) in [6.07, 6.45) is 3.55. The van der Waals surface area contributed by atoms with Gasteiger partial charge in [0.05, 0.1) is 6.54 Å². The number of carbonyl (C=O) groups is 1. The number of allylic oxidation sites excluding steroid dienone is 1. The molecule has 9 nitrogen and oxygen atoms in total. The van der Waals surface area contributed by atoms with E-state index in [0.717, 1.165) is 36.0 Å². The number of nitrogens with two attached hydrogens (primary N) is 1. The van der Waals surface area contributed by atoms with Crippen LogP contribution in [0.5, 0.6) is 0 Å². The zero-order valence-corrected chi connectivity index (χ0v) is 14.0. The van der Waals surface area contributed by atoms with Crippen LogP contribution < -0.4 is 5.73 Å². The van der Waals surface area contributed by atoms with E-state index >= 15 is 0 Å². The Balaban J connectivity index is 0.000000593. The van der Waals surface area contributed by atoms with Crippen molar-refractivity contribution >= 4 is 17.7 Å². The highest BCUT2D eigenvalue weighted by molar-refractivity contribution is 7.99. The Bertz CT molecular complexity index is 634. The molecule has 0 aliphatic heterocycles. The van der Waals surface area contributed by atoms with E-state index in [4.69, 9.17) is 15.6 Å². The minimum atomic E-state index is -0.833. The number of aliphatic carboxylic acids is 1. The van der Waals surface area contributed by atoms with Crippen molar-refractivity contribution in [1.29, 1.82) is 0 Å². The van der Waals surface area contributed by atoms with Gasteiger partial charge in [0, 0.05) is 25.8 Å². The van der Waals surface area contributed by atoms with Gasteiger partial charge in [0.15, 0.2) is 5.16 Å². The van der Waals surface area contributed by atoms with Crippen molar-refractivity contribution in [3.05, 3.63) is 30.6 Å². The summed E-state index contributed by atoms with van der Waals surface area (Å²) >= 11 is 1.64. The van der Waals surface area contributed by atoms with E-state index in [-0.39, 0.29) is 0 Å². The predicted molar refractivity (Wildman–Crippen MR) is 86.9 cm³/mol. The van der Waals surface area contributed by atoms with Crippen LogP contribution in [0.2, 0.25) is 0 Å². The van der Waals surface area contributed by atoms with Crippen molar-refractivity contribution in [1.82, 2.24) is 29.5 Å². The third kappa shape index (κ3) is 6.20. The second-order valence-corrected chi connectivity index (χ2v) is 5.50. The van der Waals surface area contributed by atoms with Crippen LogP contribution in [0.3, 0.4) is 0 Å². The fourth-order valence-corrected chi connectivity index (χ4v) is 2.56. The van der Waals surface area contributed by atoms with Gasteiger partial charge in [-0.2, -0.15) is 0 Å². The lowest BCUT2D eigenvalue weighted by molar-refractivity contribution is -0.134. The lowest BCUT2D eigenvalue weighted by Crippen LogP contribution is -2.09. The molecule has 0 aromatic carbocycles. The first kappa shape index (κ1) is 18.8. The fourth-order valence-electron chi connectivity index (χ4n) is 1.66. The quantitative estimate of drug-likeness (QED) is 0.558. The molecule has 3 N–H and O–H groups in total. The van der Waals surface area contributed by atoms with Gasteiger partial charge in [-0.05, 0) is 6.92 Å². The van der Waals surface area contributed by atoms with Crippen LogP contribution in [-0.2, 0) is 24.4 Å². The summed E-state index contributed by atoms with van der Waals surface area (Å²) in [5.41, 5.74) is 5.63. The highest BCUT2D eigenvalue weighted by Gasteiger charge is 2.10. The molecule has 0 fully saturated rings. The molecule has 0 spiro atoms. The summed E-state index contributed by atoms with van der Waals surface area (Å²) in [7, 11) is 0. The summed E-state index contributed by atoms with van der Waals surface area (Å²) in [4.78, 5) is 9.00. The molecular weight excluding hydrogens is 318 g/mol. The van der Waals surface area contributed by atoms with Crippen LogP contribution in [-0.4, -0.2) is 46.4 Å². The van der Waals surface area contributed by atoms with Gasteiger partial charge in [-0.1, -0.05) is 17.8 Å². The summed E-state index contributed by atoms with van der Waals surface area (Å²) in [5, 5.41) is 24.3. The van der Waals surface area contributed by atoms with Gasteiger partial charge >= 0.3 is 0 Å². The first-order valence-corrected chi connectivity index (χ1v) is 7.87. The third-order valence-corrected chi connectivity index (χ3v) is 3.61. The lowest BCUT2D eigenvalue weighted by atomic mass is 10.5. The number of aryl methyl sites for hydroxylation is 2. The maximum Gasteiger partial charge on any atom is 0.300 e. The molecule has 0 amide bonds. The molecule has 0 aliphatic rings. The van der Waals surface area contributed by atoms with Gasteiger partial charge in [0.25, 0.3) is 5.97 Å². The summed E-state index contributed by atoms with van der Waals surface area (Å²) in [5.74, 6) is 1.73. The first-order valence-electron chi connectivity index (χ1n) is 6.89. The highest BCUT2D eigenvalue weighted by atomic mass is 32.2. The first-order chi connectivity index (χ1) is 11.0. The van der Waals surface area contributed by atoms with Crippen LogP contribution in [0.4, 0.5) is 0 Å². The summed E-state index contributed by atoms with van der Waals surface area (Å²) in [6, 6.07) is 0. The van der Waals surface area contributed by atoms with Gasteiger partial charge in [-0.3, -0.25) is 4.79 Å². The Morgan fingerprint density at radius 1 is 1.48 bits per heavy atom. The molecule has 2 heterocycles. The molecule has 126 valence electrons. The van der Waals surface area contributed by atoms with Crippen LogP contribution in [0.15, 0.2) is 24.1 Å². The molecule has 0 aliphatic carbocycles. The predicted octanol–water partition coefficient (Wildman–Crippen LogP) is 0.706. The minimum Gasteiger partial charge on any atom is -0.481 e. The average Bonchev–Trinajstić information content (AvgIpc) is 3.06. The van der Waals surface area contributed by atoms with Crippen molar-refractivity contribution in [3.63, 3.8) is 0 Å². The number of hydrogen-bond acceptors (Lipinski definition) is 7. The summed E-state index contributed by atoms with van der Waals surface area (Å²) < 4.78 is 3.99. The van der Waals surface area contributed by atoms with Gasteiger partial charge < -0.3 is 20.0 Å². The maximum atomic E-state index is 9.00. The second kappa shape index (κ2) is 9.74. The molecule has 0 saturated carbocycles. The van der Waals surface area contributed by atoms with E-state index in [1.807, 2.05) is 22.1 Å². The second-order valence-electron chi connectivity index (χ2n) is 4.44. The van der Waals surface area contributed by atoms with Gasteiger partial charge in [-0.25, -0.2) is 0 Å². The van der Waals surface area contributed by atoms with E-state index < -0.39 is 5.97 Å². The Kier molecular flexibility index (Phi) is 7.98. The fraction of sp³-hybridized carbons (Fsp3) is 0.462. The van der Waals surface area contributed by atoms with Crippen LogP contribution in [0.1, 0.15) is 18.6 Å². The van der Waals surface area contributed by atoms with Crippen molar-refractivity contribution in [2.75, 3.05) is 5.75 Å². The highest BCUT2D eigenvalue weighted by Crippen LogP contribution is 2.17. The normalized spacial score (nSPS) is 10.0. The molecule has 0 atom stereocenters. The number of carboxylic acids is 1. The number of rotatable bonds is 7. The van der Waals surface area contributed by atoms with Crippen molar-refractivity contribution in [3.8, 4) is 0 Å². The van der Waals surface area contributed by atoms with Crippen LogP contribution in [0.25, 0.3) is 0 Å². The SMILES string of the molecule is C=CCn1c(CN)nnc1SCCn1cnnc1C.CC(=O)O. The Morgan fingerprint density at radius 2 is 2.17 bits per heavy atom. The smallest absolute Gasteiger partial charge is 0.300 e. The zero-order chi connectivity index (χ0) is 17.2. The van der Waals surface area contributed by atoms with Crippen LogP contribution >= 0.6 is 11.8 Å². The van der Waals surface area contributed by atoms with E-state index in [0.29, 0.717) is 13.1 Å². The molecule has 23 heavy (non-hydrogen) atoms. The number of nitrogens with zero attached hydrogens (tertiary/aromatic N) is 6. The Hall–Kier alpha value is -2.20. The monoisotopic (exact) mass is 339 g/mol. The number of hydrogen-bond donors (Lipinski definition) is 2. The van der Waals surface area contributed by atoms with E-state index in [1.165, 1.54) is 0 Å². The van der Waals surface area contributed by atoms with E-state index in [2.05, 4.69) is 27.0 Å². The zero-order valence-electron chi connectivity index (χ0n) is 13.2. The molecule has 10 heteroatoms. The van der Waals surface area contributed by atoms with Gasteiger partial charge in [-0.15, -0.1) is 27.0 Å². The molecule has 0 saturated heterocycles.